The summed E-state index contributed by atoms with van der Waals surface area (Å²) < 4.78 is 0. The number of aryl methyl sites for hydroxylation is 1. The first-order chi connectivity index (χ1) is 6.60. The molecule has 0 aromatic heterocycles. The highest BCUT2D eigenvalue weighted by molar-refractivity contribution is 5.80. The Morgan fingerprint density at radius 1 is 1.57 bits per heavy atom. The molecule has 1 unspecified atom stereocenters. The number of aliphatic hydroxyl groups is 1. The molecule has 1 atom stereocenters. The maximum atomic E-state index is 10.6. The lowest BCUT2D eigenvalue weighted by molar-refractivity contribution is 0.112. The van der Waals surface area contributed by atoms with Crippen LogP contribution in [-0.4, -0.2) is 23.1 Å². The Balaban J connectivity index is 3.28. The lowest BCUT2D eigenvalue weighted by Crippen LogP contribution is -2.15. The SMILES string of the molecule is Cc1cc(C=O)c(O)c(C(N)CO)c1. The lowest BCUT2D eigenvalue weighted by Gasteiger charge is -2.12. The van der Waals surface area contributed by atoms with Gasteiger partial charge in [-0.15, -0.1) is 0 Å². The molecule has 0 aliphatic heterocycles. The summed E-state index contributed by atoms with van der Waals surface area (Å²) in [4.78, 5) is 10.6. The van der Waals surface area contributed by atoms with Crippen molar-refractivity contribution in [2.45, 2.75) is 13.0 Å². The van der Waals surface area contributed by atoms with E-state index in [1.807, 2.05) is 0 Å². The Kier molecular flexibility index (Phi) is 3.22. The molecule has 1 aromatic carbocycles. The van der Waals surface area contributed by atoms with Gasteiger partial charge in [-0.25, -0.2) is 0 Å². The fourth-order valence-corrected chi connectivity index (χ4v) is 1.31. The number of hydrogen-bond donors (Lipinski definition) is 3. The van der Waals surface area contributed by atoms with Crippen LogP contribution in [0.15, 0.2) is 12.1 Å². The van der Waals surface area contributed by atoms with Crippen molar-refractivity contribution in [3.8, 4) is 5.75 Å². The van der Waals surface area contributed by atoms with Crippen LogP contribution in [0, 0.1) is 6.92 Å². The molecule has 0 bridgehead atoms. The number of aldehydes is 1. The van der Waals surface area contributed by atoms with Crippen molar-refractivity contribution in [1.29, 1.82) is 0 Å². The van der Waals surface area contributed by atoms with E-state index in [4.69, 9.17) is 10.8 Å². The normalized spacial score (nSPS) is 12.5. The maximum Gasteiger partial charge on any atom is 0.153 e. The van der Waals surface area contributed by atoms with Gasteiger partial charge in [-0.3, -0.25) is 4.79 Å². The van der Waals surface area contributed by atoms with Gasteiger partial charge in [-0.2, -0.15) is 0 Å². The minimum absolute atomic E-state index is 0.146. The average molecular weight is 195 g/mol. The lowest BCUT2D eigenvalue weighted by atomic mass is 10.0. The molecule has 0 aliphatic carbocycles. The molecule has 0 amide bonds. The van der Waals surface area contributed by atoms with Gasteiger partial charge >= 0.3 is 0 Å². The monoisotopic (exact) mass is 195 g/mol. The zero-order valence-electron chi connectivity index (χ0n) is 7.90. The van der Waals surface area contributed by atoms with Crippen molar-refractivity contribution in [3.05, 3.63) is 28.8 Å². The first kappa shape index (κ1) is 10.7. The summed E-state index contributed by atoms with van der Waals surface area (Å²) in [7, 11) is 0. The van der Waals surface area contributed by atoms with E-state index in [1.165, 1.54) is 0 Å². The van der Waals surface area contributed by atoms with E-state index in [1.54, 1.807) is 19.1 Å². The summed E-state index contributed by atoms with van der Waals surface area (Å²) in [5.41, 5.74) is 6.98. The van der Waals surface area contributed by atoms with E-state index in [-0.39, 0.29) is 17.9 Å². The Labute approximate surface area is 82.0 Å². The Bertz CT molecular complexity index is 349. The molecule has 4 heteroatoms. The molecule has 0 heterocycles. The third-order valence-corrected chi connectivity index (χ3v) is 2.04. The molecule has 0 fully saturated rings. The average Bonchev–Trinajstić information content (AvgIpc) is 2.19. The number of benzene rings is 1. The molecular formula is C10H13NO3. The van der Waals surface area contributed by atoms with E-state index in [2.05, 4.69) is 0 Å². The second-order valence-electron chi connectivity index (χ2n) is 3.20. The molecule has 0 saturated carbocycles. The number of carbonyl (C=O) groups excluding carboxylic acids is 1. The molecule has 0 radical (unpaired) electrons. The van der Waals surface area contributed by atoms with E-state index in [0.717, 1.165) is 5.56 Å². The number of nitrogens with two attached hydrogens (primary N) is 1. The van der Waals surface area contributed by atoms with Crippen LogP contribution < -0.4 is 5.73 Å². The number of phenolic OH excluding ortho intramolecular Hbond substituents is 1. The standard InChI is InChI=1S/C10H13NO3/c1-6-2-7(4-12)10(14)8(3-6)9(11)5-13/h2-4,9,13-14H,5,11H2,1H3. The van der Waals surface area contributed by atoms with Crippen LogP contribution >= 0.6 is 0 Å². The zero-order valence-corrected chi connectivity index (χ0v) is 7.90. The van der Waals surface area contributed by atoms with E-state index >= 15 is 0 Å². The molecule has 4 nitrogen and oxygen atoms in total. The Morgan fingerprint density at radius 2 is 2.21 bits per heavy atom. The molecule has 0 saturated heterocycles. The maximum absolute atomic E-state index is 10.6. The number of phenols is 1. The quantitative estimate of drug-likeness (QED) is 0.613. The van der Waals surface area contributed by atoms with Crippen molar-refractivity contribution in [3.63, 3.8) is 0 Å². The molecule has 0 aliphatic rings. The molecule has 0 spiro atoms. The van der Waals surface area contributed by atoms with Crippen molar-refractivity contribution >= 4 is 6.29 Å². The Hall–Kier alpha value is -1.39. The third-order valence-electron chi connectivity index (χ3n) is 2.04. The van der Waals surface area contributed by atoms with Gasteiger partial charge in [-0.05, 0) is 18.6 Å². The zero-order chi connectivity index (χ0) is 10.7. The van der Waals surface area contributed by atoms with Crippen molar-refractivity contribution < 1.29 is 15.0 Å². The molecular weight excluding hydrogens is 182 g/mol. The van der Waals surface area contributed by atoms with Crippen molar-refractivity contribution in [1.82, 2.24) is 0 Å². The van der Waals surface area contributed by atoms with Crippen LogP contribution in [0.2, 0.25) is 0 Å². The molecule has 76 valence electrons. The van der Waals surface area contributed by atoms with Crippen LogP contribution in [-0.2, 0) is 0 Å². The van der Waals surface area contributed by atoms with Gasteiger partial charge in [0.2, 0.25) is 0 Å². The molecule has 1 aromatic rings. The third kappa shape index (κ3) is 1.92. The second kappa shape index (κ2) is 4.21. The number of aromatic hydroxyl groups is 1. The van der Waals surface area contributed by atoms with Gasteiger partial charge in [0.25, 0.3) is 0 Å². The number of hydrogen-bond acceptors (Lipinski definition) is 4. The summed E-state index contributed by atoms with van der Waals surface area (Å²) in [5, 5.41) is 18.4. The molecule has 4 N–H and O–H groups in total. The van der Waals surface area contributed by atoms with Gasteiger partial charge in [0.15, 0.2) is 6.29 Å². The summed E-state index contributed by atoms with van der Waals surface area (Å²) in [5.74, 6) is -0.146. The minimum atomic E-state index is -0.659. The topological polar surface area (TPSA) is 83.5 Å². The summed E-state index contributed by atoms with van der Waals surface area (Å²) in [6.45, 7) is 1.52. The fourth-order valence-electron chi connectivity index (χ4n) is 1.31. The van der Waals surface area contributed by atoms with Gasteiger partial charge in [0.1, 0.15) is 5.75 Å². The van der Waals surface area contributed by atoms with Gasteiger partial charge in [0, 0.05) is 5.56 Å². The predicted molar refractivity (Wildman–Crippen MR) is 52.2 cm³/mol. The van der Waals surface area contributed by atoms with Crippen LogP contribution in [0.4, 0.5) is 0 Å². The van der Waals surface area contributed by atoms with Crippen LogP contribution in [0.25, 0.3) is 0 Å². The predicted octanol–water partition coefficient (Wildman–Crippen LogP) is 0.505. The van der Waals surface area contributed by atoms with Crippen LogP contribution in [0.1, 0.15) is 27.5 Å². The van der Waals surface area contributed by atoms with Crippen molar-refractivity contribution in [2.75, 3.05) is 6.61 Å². The van der Waals surface area contributed by atoms with Gasteiger partial charge in [-0.1, -0.05) is 6.07 Å². The highest BCUT2D eigenvalue weighted by Crippen LogP contribution is 2.27. The van der Waals surface area contributed by atoms with E-state index in [9.17, 15) is 9.90 Å². The number of rotatable bonds is 3. The van der Waals surface area contributed by atoms with Gasteiger partial charge < -0.3 is 15.9 Å². The minimum Gasteiger partial charge on any atom is -0.507 e. The first-order valence-corrected chi connectivity index (χ1v) is 4.25. The van der Waals surface area contributed by atoms with Crippen LogP contribution in [0.5, 0.6) is 5.75 Å². The largest absolute Gasteiger partial charge is 0.507 e. The number of carbonyl (C=O) groups is 1. The summed E-state index contributed by atoms with van der Waals surface area (Å²) >= 11 is 0. The summed E-state index contributed by atoms with van der Waals surface area (Å²) in [6.07, 6.45) is 0.565. The van der Waals surface area contributed by atoms with Gasteiger partial charge in [0.05, 0.1) is 18.2 Å². The second-order valence-corrected chi connectivity index (χ2v) is 3.20. The highest BCUT2D eigenvalue weighted by Gasteiger charge is 2.13. The Morgan fingerprint density at radius 3 is 2.71 bits per heavy atom. The van der Waals surface area contributed by atoms with Crippen LogP contribution in [0.3, 0.4) is 0 Å². The fraction of sp³-hybridized carbons (Fsp3) is 0.300. The van der Waals surface area contributed by atoms with E-state index in [0.29, 0.717) is 11.8 Å². The highest BCUT2D eigenvalue weighted by atomic mass is 16.3. The summed E-state index contributed by atoms with van der Waals surface area (Å²) in [6, 6.07) is 2.56. The smallest absolute Gasteiger partial charge is 0.153 e. The molecule has 1 rings (SSSR count). The first-order valence-electron chi connectivity index (χ1n) is 4.25. The number of aliphatic hydroxyl groups excluding tert-OH is 1. The van der Waals surface area contributed by atoms with E-state index < -0.39 is 6.04 Å². The van der Waals surface area contributed by atoms with Crippen molar-refractivity contribution in [2.24, 2.45) is 5.73 Å². The molecule has 14 heavy (non-hydrogen) atoms.